The lowest BCUT2D eigenvalue weighted by Gasteiger charge is -2.23. The zero-order chi connectivity index (χ0) is 26.9. The number of aryl methyl sites for hydroxylation is 2. The van der Waals surface area contributed by atoms with Gasteiger partial charge >= 0.3 is 11.9 Å². The van der Waals surface area contributed by atoms with Gasteiger partial charge in [0.05, 0.1) is 24.4 Å². The highest BCUT2D eigenvalue weighted by atomic mass is 32.1. The van der Waals surface area contributed by atoms with Gasteiger partial charge in [-0.2, -0.15) is 0 Å². The highest BCUT2D eigenvalue weighted by Gasteiger charge is 2.48. The summed E-state index contributed by atoms with van der Waals surface area (Å²) in [5.74, 6) is -2.86. The van der Waals surface area contributed by atoms with Gasteiger partial charge in [0.1, 0.15) is 28.8 Å². The van der Waals surface area contributed by atoms with Crippen molar-refractivity contribution in [3.05, 3.63) is 93.8 Å². The quantitative estimate of drug-likeness (QED) is 0.155. The average Bonchev–Trinajstić information content (AvgIpc) is 3.39. The molecule has 2 aromatic carbocycles. The Hall–Kier alpha value is -4.31. The van der Waals surface area contributed by atoms with Crippen molar-refractivity contribution in [1.82, 2.24) is 4.98 Å². The summed E-state index contributed by atoms with van der Waals surface area (Å²) in [4.78, 5) is 44.7. The number of nitrogens with zero attached hydrogens (tertiary/aromatic N) is 2. The van der Waals surface area contributed by atoms with E-state index in [1.807, 2.05) is 0 Å². The van der Waals surface area contributed by atoms with Crippen LogP contribution >= 0.6 is 11.3 Å². The number of methoxy groups -OCH3 is 1. The van der Waals surface area contributed by atoms with Crippen LogP contribution in [-0.2, 0) is 14.3 Å². The van der Waals surface area contributed by atoms with Crippen LogP contribution in [0.2, 0.25) is 0 Å². The maximum Gasteiger partial charge on any atom is 0.350 e. The summed E-state index contributed by atoms with van der Waals surface area (Å²) in [6.45, 7) is 6.85. The molecule has 1 atom stereocenters. The van der Waals surface area contributed by atoms with E-state index in [-0.39, 0.29) is 22.2 Å². The molecule has 1 fully saturated rings. The number of thiazole rings is 1. The van der Waals surface area contributed by atoms with Crippen LogP contribution in [0.3, 0.4) is 0 Å². The van der Waals surface area contributed by atoms with Gasteiger partial charge in [0.25, 0.3) is 5.78 Å². The van der Waals surface area contributed by atoms with Crippen molar-refractivity contribution >= 4 is 39.9 Å². The number of amides is 1. The molecule has 0 aliphatic carbocycles. The number of benzene rings is 2. The number of carbonyl (C=O) groups is 3. The van der Waals surface area contributed by atoms with Crippen LogP contribution in [-0.4, -0.2) is 41.5 Å². The van der Waals surface area contributed by atoms with E-state index in [1.165, 1.54) is 37.5 Å². The smallest absolute Gasteiger partial charge is 0.350 e. The molecule has 190 valence electrons. The first kappa shape index (κ1) is 25.8. The van der Waals surface area contributed by atoms with Crippen LogP contribution in [0.1, 0.15) is 38.1 Å². The molecule has 1 N–H and O–H groups in total. The van der Waals surface area contributed by atoms with Gasteiger partial charge in [-0.1, -0.05) is 36.1 Å². The molecule has 2 heterocycles. The molecule has 10 heteroatoms. The first-order valence-electron chi connectivity index (χ1n) is 11.1. The molecule has 37 heavy (non-hydrogen) atoms. The summed E-state index contributed by atoms with van der Waals surface area (Å²) in [5.41, 5.74) is 1.49. The summed E-state index contributed by atoms with van der Waals surface area (Å²) in [6, 6.07) is 8.94. The van der Waals surface area contributed by atoms with Crippen LogP contribution in [0, 0.1) is 19.7 Å². The Morgan fingerprint density at radius 1 is 1.22 bits per heavy atom. The standard InChI is InChI=1S/C27H23FN2O6S/c1-5-12-36-26(34)24-15(3)29-27(37-24)30-21(16-6-9-18(28)10-7-16)20(23(32)25(30)33)22(31)17-8-11-19(35-4)14(2)13-17/h5-11,13,21,31H,1,12H2,2-4H3/t21-/m0/s1. The minimum atomic E-state index is -1.12. The zero-order valence-electron chi connectivity index (χ0n) is 20.3. The Kier molecular flexibility index (Phi) is 7.21. The molecule has 0 unspecified atom stereocenters. The molecule has 0 bridgehead atoms. The van der Waals surface area contributed by atoms with Gasteiger partial charge in [-0.3, -0.25) is 14.5 Å². The Morgan fingerprint density at radius 2 is 1.92 bits per heavy atom. The number of hydrogen-bond acceptors (Lipinski definition) is 8. The van der Waals surface area contributed by atoms with E-state index in [9.17, 15) is 23.9 Å². The van der Waals surface area contributed by atoms with Crippen LogP contribution in [0.15, 0.2) is 60.7 Å². The van der Waals surface area contributed by atoms with Crippen LogP contribution in [0.25, 0.3) is 5.76 Å². The molecule has 1 amide bonds. The zero-order valence-corrected chi connectivity index (χ0v) is 21.1. The third kappa shape index (κ3) is 4.75. The molecule has 1 saturated heterocycles. The number of ether oxygens (including phenoxy) is 2. The lowest BCUT2D eigenvalue weighted by molar-refractivity contribution is -0.132. The van der Waals surface area contributed by atoms with Gasteiger partial charge in [-0.25, -0.2) is 14.2 Å². The predicted octanol–water partition coefficient (Wildman–Crippen LogP) is 4.88. The first-order valence-corrected chi connectivity index (χ1v) is 12.0. The fraction of sp³-hybridized carbons (Fsp3) is 0.185. The normalized spacial score (nSPS) is 16.6. The van der Waals surface area contributed by atoms with Gasteiger partial charge in [-0.05, 0) is 55.3 Å². The summed E-state index contributed by atoms with van der Waals surface area (Å²) in [7, 11) is 1.51. The van der Waals surface area contributed by atoms with E-state index < -0.39 is 35.3 Å². The number of anilines is 1. The van der Waals surface area contributed by atoms with E-state index in [0.29, 0.717) is 28.1 Å². The molecule has 1 aliphatic heterocycles. The lowest BCUT2D eigenvalue weighted by atomic mass is 9.95. The van der Waals surface area contributed by atoms with Gasteiger partial charge in [0, 0.05) is 5.56 Å². The molecule has 1 aromatic heterocycles. The Balaban J connectivity index is 1.88. The van der Waals surface area contributed by atoms with Crippen molar-refractivity contribution < 1.29 is 33.4 Å². The molecule has 4 rings (SSSR count). The Morgan fingerprint density at radius 3 is 2.54 bits per heavy atom. The number of Topliss-reactive ketones (excluding diaryl/α,β-unsaturated/α-hetero) is 1. The number of esters is 1. The number of halogens is 1. The van der Waals surface area contributed by atoms with Gasteiger partial charge in [-0.15, -0.1) is 0 Å². The summed E-state index contributed by atoms with van der Waals surface area (Å²) in [5, 5.41) is 11.3. The number of carbonyl (C=O) groups excluding carboxylic acids is 3. The SMILES string of the molecule is C=CCOC(=O)c1sc(N2C(=O)C(=O)C(=C(O)c3ccc(OC)c(C)c3)[C@@H]2c2ccc(F)cc2)nc1C. The highest BCUT2D eigenvalue weighted by Crippen LogP contribution is 2.44. The van der Waals surface area contributed by atoms with Crippen molar-refractivity contribution in [1.29, 1.82) is 0 Å². The maximum absolute atomic E-state index is 13.7. The van der Waals surface area contributed by atoms with Gasteiger partial charge in [0.2, 0.25) is 0 Å². The van der Waals surface area contributed by atoms with E-state index in [1.54, 1.807) is 32.0 Å². The lowest BCUT2D eigenvalue weighted by Crippen LogP contribution is -2.29. The molecule has 0 radical (unpaired) electrons. The van der Waals surface area contributed by atoms with Crippen LogP contribution in [0.5, 0.6) is 5.75 Å². The van der Waals surface area contributed by atoms with Crippen molar-refractivity contribution in [2.24, 2.45) is 0 Å². The Bertz CT molecular complexity index is 1440. The summed E-state index contributed by atoms with van der Waals surface area (Å²) >= 11 is 0.878. The third-order valence-electron chi connectivity index (χ3n) is 5.81. The fourth-order valence-electron chi connectivity index (χ4n) is 4.05. The fourth-order valence-corrected chi connectivity index (χ4v) is 5.03. The second-order valence-electron chi connectivity index (χ2n) is 8.20. The number of aromatic nitrogens is 1. The summed E-state index contributed by atoms with van der Waals surface area (Å²) < 4.78 is 24.1. The number of aliphatic hydroxyl groups is 1. The molecular formula is C27H23FN2O6S. The minimum Gasteiger partial charge on any atom is -0.507 e. The van der Waals surface area contributed by atoms with Gasteiger partial charge in [0.15, 0.2) is 5.13 Å². The molecule has 3 aromatic rings. The number of aliphatic hydroxyl groups excluding tert-OH is 1. The molecule has 0 saturated carbocycles. The first-order chi connectivity index (χ1) is 17.7. The van der Waals surface area contributed by atoms with E-state index in [2.05, 4.69) is 11.6 Å². The van der Waals surface area contributed by atoms with Crippen molar-refractivity contribution in [2.45, 2.75) is 19.9 Å². The van der Waals surface area contributed by atoms with E-state index in [0.717, 1.165) is 16.2 Å². The van der Waals surface area contributed by atoms with Gasteiger partial charge < -0.3 is 14.6 Å². The molecular weight excluding hydrogens is 499 g/mol. The van der Waals surface area contributed by atoms with Crippen molar-refractivity contribution in [3.63, 3.8) is 0 Å². The highest BCUT2D eigenvalue weighted by molar-refractivity contribution is 7.17. The molecule has 8 nitrogen and oxygen atoms in total. The second kappa shape index (κ2) is 10.4. The summed E-state index contributed by atoms with van der Waals surface area (Å²) in [6.07, 6.45) is 1.42. The predicted molar refractivity (Wildman–Crippen MR) is 136 cm³/mol. The number of ketones is 1. The Labute approximate surface area is 216 Å². The number of rotatable bonds is 7. The average molecular weight is 523 g/mol. The second-order valence-corrected chi connectivity index (χ2v) is 9.18. The molecule has 0 spiro atoms. The largest absolute Gasteiger partial charge is 0.507 e. The third-order valence-corrected chi connectivity index (χ3v) is 6.94. The molecule has 1 aliphatic rings. The van der Waals surface area contributed by atoms with Crippen molar-refractivity contribution in [2.75, 3.05) is 18.6 Å². The van der Waals surface area contributed by atoms with Crippen LogP contribution in [0.4, 0.5) is 9.52 Å². The van der Waals surface area contributed by atoms with E-state index in [4.69, 9.17) is 9.47 Å². The van der Waals surface area contributed by atoms with Crippen LogP contribution < -0.4 is 9.64 Å². The minimum absolute atomic E-state index is 0.00707. The van der Waals surface area contributed by atoms with E-state index >= 15 is 0 Å². The monoisotopic (exact) mass is 522 g/mol. The van der Waals surface area contributed by atoms with Crippen molar-refractivity contribution in [3.8, 4) is 5.75 Å². The topological polar surface area (TPSA) is 106 Å². The number of hydrogen-bond donors (Lipinski definition) is 1. The maximum atomic E-state index is 13.7.